The quantitative estimate of drug-likeness (QED) is 0.928. The van der Waals surface area contributed by atoms with E-state index in [2.05, 4.69) is 20.8 Å². The number of nitrogens with two attached hydrogens (primary N) is 1. The molecule has 1 aromatic carbocycles. The summed E-state index contributed by atoms with van der Waals surface area (Å²) in [5, 5.41) is 0. The van der Waals surface area contributed by atoms with Gasteiger partial charge in [0.2, 0.25) is 10.0 Å². The molecule has 0 amide bonds. The van der Waals surface area contributed by atoms with Crippen molar-refractivity contribution in [1.29, 1.82) is 0 Å². The molecule has 1 atom stereocenters. The molecule has 5 heteroatoms. The molecular formula is C16H26N2O2S. The van der Waals surface area contributed by atoms with Crippen LogP contribution >= 0.6 is 0 Å². The Balaban J connectivity index is 2.13. The van der Waals surface area contributed by atoms with Gasteiger partial charge in [-0.05, 0) is 28.9 Å². The Morgan fingerprint density at radius 2 is 1.86 bits per heavy atom. The van der Waals surface area contributed by atoms with Crippen LogP contribution in [-0.4, -0.2) is 25.8 Å². The monoisotopic (exact) mass is 310 g/mol. The second-order valence-corrected chi connectivity index (χ2v) is 8.91. The number of rotatable bonds is 4. The number of hydrogen-bond acceptors (Lipinski definition) is 3. The van der Waals surface area contributed by atoms with Gasteiger partial charge >= 0.3 is 0 Å². The van der Waals surface area contributed by atoms with Crippen molar-refractivity contribution in [2.75, 3.05) is 13.1 Å². The van der Waals surface area contributed by atoms with Crippen LogP contribution in [0.25, 0.3) is 0 Å². The molecule has 2 N–H and O–H groups in total. The molecule has 2 rings (SSSR count). The maximum atomic E-state index is 12.6. The van der Waals surface area contributed by atoms with Crippen LogP contribution in [-0.2, 0) is 22.3 Å². The molecule has 1 heterocycles. The summed E-state index contributed by atoms with van der Waals surface area (Å²) < 4.78 is 26.9. The molecule has 1 aliphatic rings. The third kappa shape index (κ3) is 3.84. The minimum atomic E-state index is -3.26. The first-order chi connectivity index (χ1) is 9.74. The number of benzene rings is 1. The van der Waals surface area contributed by atoms with E-state index in [4.69, 9.17) is 5.73 Å². The molecule has 118 valence electrons. The molecule has 0 spiro atoms. The first-order valence-electron chi connectivity index (χ1n) is 7.48. The molecule has 0 aromatic heterocycles. The molecule has 1 fully saturated rings. The maximum absolute atomic E-state index is 12.6. The standard InChI is InChI=1S/C16H26N2O2S/c1-16(2,3)15-8-9-18(11-15)21(19,20)12-14-7-5-4-6-13(14)10-17/h4-7,15H,8-12,17H2,1-3H3. The van der Waals surface area contributed by atoms with E-state index in [1.807, 2.05) is 24.3 Å². The highest BCUT2D eigenvalue weighted by atomic mass is 32.2. The average Bonchev–Trinajstić information content (AvgIpc) is 2.89. The molecule has 1 aliphatic heterocycles. The van der Waals surface area contributed by atoms with Crippen molar-refractivity contribution in [2.24, 2.45) is 17.1 Å². The van der Waals surface area contributed by atoms with Gasteiger partial charge in [-0.2, -0.15) is 0 Å². The van der Waals surface area contributed by atoms with Gasteiger partial charge < -0.3 is 5.73 Å². The van der Waals surface area contributed by atoms with Crippen molar-refractivity contribution in [3.05, 3.63) is 35.4 Å². The van der Waals surface area contributed by atoms with Crippen molar-refractivity contribution in [3.63, 3.8) is 0 Å². The lowest BCUT2D eigenvalue weighted by Crippen LogP contribution is -2.32. The fraction of sp³-hybridized carbons (Fsp3) is 0.625. The highest BCUT2D eigenvalue weighted by Crippen LogP contribution is 2.35. The maximum Gasteiger partial charge on any atom is 0.218 e. The number of nitrogens with zero attached hydrogens (tertiary/aromatic N) is 1. The van der Waals surface area contributed by atoms with Crippen LogP contribution < -0.4 is 5.73 Å². The Bertz CT molecular complexity index is 591. The normalized spacial score (nSPS) is 20.9. The molecular weight excluding hydrogens is 284 g/mol. The highest BCUT2D eigenvalue weighted by molar-refractivity contribution is 7.88. The predicted molar refractivity (Wildman–Crippen MR) is 86.1 cm³/mol. The van der Waals surface area contributed by atoms with E-state index >= 15 is 0 Å². The highest BCUT2D eigenvalue weighted by Gasteiger charge is 2.37. The summed E-state index contributed by atoms with van der Waals surface area (Å²) in [6, 6.07) is 7.51. The van der Waals surface area contributed by atoms with Gasteiger partial charge in [-0.1, -0.05) is 45.0 Å². The van der Waals surface area contributed by atoms with Crippen LogP contribution in [0.15, 0.2) is 24.3 Å². The van der Waals surface area contributed by atoms with Crippen molar-refractivity contribution in [2.45, 2.75) is 39.5 Å². The molecule has 4 nitrogen and oxygen atoms in total. The second kappa shape index (κ2) is 6.07. The Labute approximate surface area is 128 Å². The van der Waals surface area contributed by atoms with E-state index in [1.165, 1.54) is 0 Å². The summed E-state index contributed by atoms with van der Waals surface area (Å²) in [7, 11) is -3.26. The van der Waals surface area contributed by atoms with E-state index in [0.29, 0.717) is 25.6 Å². The molecule has 0 radical (unpaired) electrons. The molecule has 21 heavy (non-hydrogen) atoms. The first-order valence-corrected chi connectivity index (χ1v) is 9.09. The Morgan fingerprint density at radius 3 is 2.38 bits per heavy atom. The summed E-state index contributed by atoms with van der Waals surface area (Å²) in [5.74, 6) is 0.481. The average molecular weight is 310 g/mol. The Morgan fingerprint density at radius 1 is 1.24 bits per heavy atom. The smallest absolute Gasteiger partial charge is 0.218 e. The first kappa shape index (κ1) is 16.5. The largest absolute Gasteiger partial charge is 0.326 e. The summed E-state index contributed by atoms with van der Waals surface area (Å²) in [6.07, 6.45) is 0.946. The predicted octanol–water partition coefficient (Wildman–Crippen LogP) is 2.34. The van der Waals surface area contributed by atoms with Gasteiger partial charge in [-0.25, -0.2) is 12.7 Å². The van der Waals surface area contributed by atoms with E-state index < -0.39 is 10.0 Å². The summed E-state index contributed by atoms with van der Waals surface area (Å²) in [6.45, 7) is 8.18. The molecule has 1 unspecified atom stereocenters. The lowest BCUT2D eigenvalue weighted by Gasteiger charge is -2.27. The van der Waals surface area contributed by atoms with Crippen molar-refractivity contribution in [1.82, 2.24) is 4.31 Å². The van der Waals surface area contributed by atoms with Crippen LogP contribution in [0.2, 0.25) is 0 Å². The van der Waals surface area contributed by atoms with Gasteiger partial charge in [-0.15, -0.1) is 0 Å². The van der Waals surface area contributed by atoms with Gasteiger partial charge in [0.1, 0.15) is 0 Å². The fourth-order valence-electron chi connectivity index (χ4n) is 2.87. The van der Waals surface area contributed by atoms with E-state index in [9.17, 15) is 8.42 Å². The fourth-order valence-corrected chi connectivity index (χ4v) is 4.52. The van der Waals surface area contributed by atoms with Crippen LogP contribution in [0.1, 0.15) is 38.3 Å². The second-order valence-electron chi connectivity index (χ2n) is 6.94. The van der Waals surface area contributed by atoms with Gasteiger partial charge in [0.05, 0.1) is 5.75 Å². The van der Waals surface area contributed by atoms with Gasteiger partial charge in [0.25, 0.3) is 0 Å². The van der Waals surface area contributed by atoms with Gasteiger partial charge in [-0.3, -0.25) is 0 Å². The Kier molecular flexibility index (Phi) is 4.76. The lowest BCUT2D eigenvalue weighted by atomic mass is 9.80. The third-order valence-electron chi connectivity index (χ3n) is 4.45. The zero-order chi connectivity index (χ0) is 15.7. The summed E-state index contributed by atoms with van der Waals surface area (Å²) >= 11 is 0. The molecule has 1 saturated heterocycles. The summed E-state index contributed by atoms with van der Waals surface area (Å²) in [5.41, 5.74) is 7.57. The van der Waals surface area contributed by atoms with Crippen molar-refractivity contribution >= 4 is 10.0 Å². The van der Waals surface area contributed by atoms with Crippen LogP contribution in [0.3, 0.4) is 0 Å². The molecule has 0 aliphatic carbocycles. The molecule has 0 saturated carbocycles. The zero-order valence-corrected chi connectivity index (χ0v) is 14.0. The van der Waals surface area contributed by atoms with Crippen molar-refractivity contribution in [3.8, 4) is 0 Å². The minimum absolute atomic E-state index is 0.0528. The van der Waals surface area contributed by atoms with Gasteiger partial charge in [0, 0.05) is 19.6 Å². The lowest BCUT2D eigenvalue weighted by molar-refractivity contribution is 0.252. The molecule has 0 bridgehead atoms. The topological polar surface area (TPSA) is 63.4 Å². The third-order valence-corrected chi connectivity index (χ3v) is 6.24. The molecule has 1 aromatic rings. The Hall–Kier alpha value is -0.910. The number of hydrogen-bond donors (Lipinski definition) is 1. The van der Waals surface area contributed by atoms with Crippen LogP contribution in [0.4, 0.5) is 0 Å². The summed E-state index contributed by atoms with van der Waals surface area (Å²) in [4.78, 5) is 0. The SMILES string of the molecule is CC(C)(C)C1CCN(S(=O)(=O)Cc2ccccc2CN)C1. The van der Waals surface area contributed by atoms with Crippen LogP contribution in [0, 0.1) is 11.3 Å². The van der Waals surface area contributed by atoms with Gasteiger partial charge in [0.15, 0.2) is 0 Å². The van der Waals surface area contributed by atoms with Crippen LogP contribution in [0.5, 0.6) is 0 Å². The van der Waals surface area contributed by atoms with E-state index in [0.717, 1.165) is 17.5 Å². The minimum Gasteiger partial charge on any atom is -0.326 e. The van der Waals surface area contributed by atoms with Crippen molar-refractivity contribution < 1.29 is 8.42 Å². The zero-order valence-electron chi connectivity index (χ0n) is 13.2. The van der Waals surface area contributed by atoms with E-state index in [-0.39, 0.29) is 11.2 Å². The number of sulfonamides is 1. The van der Waals surface area contributed by atoms with E-state index in [1.54, 1.807) is 4.31 Å².